The van der Waals surface area contributed by atoms with E-state index in [1.165, 1.54) is 0 Å². The maximum Gasteiger partial charge on any atom is 0.314 e. The van der Waals surface area contributed by atoms with Gasteiger partial charge in [0.2, 0.25) is 5.82 Å². The molecule has 0 aromatic carbocycles. The molecule has 1 aromatic heterocycles. The quantitative estimate of drug-likeness (QED) is 0.618. The fourth-order valence-electron chi connectivity index (χ4n) is 1.57. The van der Waals surface area contributed by atoms with Crippen molar-refractivity contribution in [2.75, 3.05) is 11.9 Å². The normalized spacial score (nSPS) is 14.3. The van der Waals surface area contributed by atoms with Gasteiger partial charge in [0, 0.05) is 18.3 Å². The lowest BCUT2D eigenvalue weighted by molar-refractivity contribution is -0.384. The highest BCUT2D eigenvalue weighted by molar-refractivity contribution is 5.61. The van der Waals surface area contributed by atoms with Crippen molar-refractivity contribution in [1.29, 1.82) is 0 Å². The number of pyridine rings is 1. The van der Waals surface area contributed by atoms with E-state index in [9.17, 15) is 10.1 Å². The van der Waals surface area contributed by atoms with Crippen LogP contribution in [0.1, 0.15) is 26.3 Å². The van der Waals surface area contributed by atoms with E-state index in [4.69, 9.17) is 5.73 Å². The molecule has 0 bridgehead atoms. The highest BCUT2D eigenvalue weighted by Gasteiger charge is 2.30. The van der Waals surface area contributed by atoms with Crippen molar-refractivity contribution < 1.29 is 4.92 Å². The van der Waals surface area contributed by atoms with Crippen LogP contribution in [0.15, 0.2) is 12.3 Å². The molecule has 6 heteroatoms. The topological polar surface area (TPSA) is 94.1 Å². The van der Waals surface area contributed by atoms with Gasteiger partial charge in [0.05, 0.1) is 10.5 Å². The summed E-state index contributed by atoms with van der Waals surface area (Å²) in [5.41, 5.74) is 5.93. The molecule has 1 unspecified atom stereocenters. The van der Waals surface area contributed by atoms with E-state index in [0.717, 1.165) is 0 Å². The second-order valence-corrected chi connectivity index (χ2v) is 4.98. The number of anilines is 1. The molecule has 0 saturated carbocycles. The zero-order chi connectivity index (χ0) is 13.9. The molecule has 0 saturated heterocycles. The number of nitrogens with zero attached hydrogens (tertiary/aromatic N) is 2. The van der Waals surface area contributed by atoms with E-state index in [2.05, 4.69) is 10.3 Å². The van der Waals surface area contributed by atoms with Crippen LogP contribution >= 0.6 is 0 Å². The molecule has 0 radical (unpaired) electrons. The highest BCUT2D eigenvalue weighted by atomic mass is 16.6. The summed E-state index contributed by atoms with van der Waals surface area (Å²) in [4.78, 5) is 14.7. The standard InChI is InChI=1S/C12H20N4O2/c1-8(2)12(4,7-13)15-11-10(16(17)18)9(3)5-6-14-11/h5-6,8H,7,13H2,1-4H3,(H,14,15). The third kappa shape index (κ3) is 2.76. The van der Waals surface area contributed by atoms with Crippen molar-refractivity contribution in [3.05, 3.63) is 27.9 Å². The summed E-state index contributed by atoms with van der Waals surface area (Å²) in [7, 11) is 0. The minimum absolute atomic E-state index is 0.0119. The lowest BCUT2D eigenvalue weighted by atomic mass is 9.88. The van der Waals surface area contributed by atoms with Gasteiger partial charge >= 0.3 is 5.69 Å². The molecule has 1 aromatic rings. The Balaban J connectivity index is 3.19. The van der Waals surface area contributed by atoms with Crippen LogP contribution in [0.3, 0.4) is 0 Å². The molecule has 0 fully saturated rings. The molecule has 100 valence electrons. The van der Waals surface area contributed by atoms with Crippen LogP contribution in [0.25, 0.3) is 0 Å². The minimum Gasteiger partial charge on any atom is -0.358 e. The monoisotopic (exact) mass is 252 g/mol. The average molecular weight is 252 g/mol. The summed E-state index contributed by atoms with van der Waals surface area (Å²) in [6, 6.07) is 1.62. The summed E-state index contributed by atoms with van der Waals surface area (Å²) in [5, 5.41) is 14.2. The number of rotatable bonds is 5. The Morgan fingerprint density at radius 3 is 2.67 bits per heavy atom. The summed E-state index contributed by atoms with van der Waals surface area (Å²) >= 11 is 0. The van der Waals surface area contributed by atoms with Crippen LogP contribution < -0.4 is 11.1 Å². The zero-order valence-electron chi connectivity index (χ0n) is 11.2. The fourth-order valence-corrected chi connectivity index (χ4v) is 1.57. The Kier molecular flexibility index (Phi) is 4.24. The van der Waals surface area contributed by atoms with Gasteiger partial charge < -0.3 is 11.1 Å². The maximum atomic E-state index is 11.1. The summed E-state index contributed by atoms with van der Waals surface area (Å²) in [5.74, 6) is 0.506. The van der Waals surface area contributed by atoms with Gasteiger partial charge in [-0.2, -0.15) is 0 Å². The molecule has 0 amide bonds. The number of nitrogens with two attached hydrogens (primary N) is 1. The van der Waals surface area contributed by atoms with Gasteiger partial charge in [-0.3, -0.25) is 10.1 Å². The second-order valence-electron chi connectivity index (χ2n) is 4.98. The van der Waals surface area contributed by atoms with Gasteiger partial charge in [-0.25, -0.2) is 4.98 Å². The third-order valence-corrected chi connectivity index (χ3v) is 3.41. The van der Waals surface area contributed by atoms with Crippen LogP contribution in [0.5, 0.6) is 0 Å². The summed E-state index contributed by atoms with van der Waals surface area (Å²) in [6.07, 6.45) is 1.56. The second kappa shape index (κ2) is 5.30. The Hall–Kier alpha value is -1.69. The third-order valence-electron chi connectivity index (χ3n) is 3.41. The van der Waals surface area contributed by atoms with Crippen LogP contribution in [-0.2, 0) is 0 Å². The van der Waals surface area contributed by atoms with Gasteiger partial charge in [0.1, 0.15) is 0 Å². The molecule has 1 rings (SSSR count). The SMILES string of the molecule is Cc1ccnc(NC(C)(CN)C(C)C)c1[N+](=O)[O-]. The highest BCUT2D eigenvalue weighted by Crippen LogP contribution is 2.29. The van der Waals surface area contributed by atoms with Crippen LogP contribution in [0.4, 0.5) is 11.5 Å². The largest absolute Gasteiger partial charge is 0.358 e. The number of aryl methyl sites for hydroxylation is 1. The van der Waals surface area contributed by atoms with Crippen LogP contribution in [0, 0.1) is 23.0 Å². The Bertz CT molecular complexity index is 448. The molecule has 3 N–H and O–H groups in total. The number of nitrogens with one attached hydrogen (secondary N) is 1. The van der Waals surface area contributed by atoms with Gasteiger partial charge in [-0.15, -0.1) is 0 Å². The fraction of sp³-hybridized carbons (Fsp3) is 0.583. The average Bonchev–Trinajstić information content (AvgIpc) is 2.28. The van der Waals surface area contributed by atoms with E-state index in [0.29, 0.717) is 12.1 Å². The Morgan fingerprint density at radius 2 is 2.22 bits per heavy atom. The van der Waals surface area contributed by atoms with E-state index < -0.39 is 10.5 Å². The smallest absolute Gasteiger partial charge is 0.314 e. The van der Waals surface area contributed by atoms with Gasteiger partial charge in [-0.1, -0.05) is 13.8 Å². The van der Waals surface area contributed by atoms with Crippen LogP contribution in [-0.4, -0.2) is 22.0 Å². The first-order valence-electron chi connectivity index (χ1n) is 5.90. The molecular formula is C12H20N4O2. The lowest BCUT2D eigenvalue weighted by Gasteiger charge is -2.33. The van der Waals surface area contributed by atoms with Gasteiger partial charge in [0.15, 0.2) is 0 Å². The van der Waals surface area contributed by atoms with E-state index in [-0.39, 0.29) is 17.4 Å². The lowest BCUT2D eigenvalue weighted by Crippen LogP contribution is -2.47. The van der Waals surface area contributed by atoms with Crippen molar-refractivity contribution >= 4 is 11.5 Å². The molecule has 0 aliphatic carbocycles. The van der Waals surface area contributed by atoms with Crippen molar-refractivity contribution in [3.63, 3.8) is 0 Å². The van der Waals surface area contributed by atoms with E-state index in [1.807, 2.05) is 20.8 Å². The molecule has 0 aliphatic rings. The van der Waals surface area contributed by atoms with Gasteiger partial charge in [-0.05, 0) is 25.8 Å². The number of hydrogen-bond acceptors (Lipinski definition) is 5. The molecular weight excluding hydrogens is 232 g/mol. The predicted molar refractivity (Wildman–Crippen MR) is 71.5 cm³/mol. The number of aromatic nitrogens is 1. The molecule has 0 spiro atoms. The molecule has 18 heavy (non-hydrogen) atoms. The Labute approximate surface area is 107 Å². The number of nitro groups is 1. The molecule has 6 nitrogen and oxygen atoms in total. The summed E-state index contributed by atoms with van der Waals surface area (Å²) < 4.78 is 0. The first-order chi connectivity index (χ1) is 8.31. The number of hydrogen-bond donors (Lipinski definition) is 2. The van der Waals surface area contributed by atoms with Crippen molar-refractivity contribution in [3.8, 4) is 0 Å². The van der Waals surface area contributed by atoms with Crippen molar-refractivity contribution in [2.45, 2.75) is 33.2 Å². The van der Waals surface area contributed by atoms with Gasteiger partial charge in [0.25, 0.3) is 0 Å². The summed E-state index contributed by atoms with van der Waals surface area (Å²) in [6.45, 7) is 8.03. The minimum atomic E-state index is -0.425. The van der Waals surface area contributed by atoms with Crippen molar-refractivity contribution in [2.24, 2.45) is 11.7 Å². The van der Waals surface area contributed by atoms with E-state index >= 15 is 0 Å². The predicted octanol–water partition coefficient (Wildman–Crippen LogP) is 2.08. The van der Waals surface area contributed by atoms with Crippen LogP contribution in [0.2, 0.25) is 0 Å². The van der Waals surface area contributed by atoms with Crippen molar-refractivity contribution in [1.82, 2.24) is 4.98 Å². The zero-order valence-corrected chi connectivity index (χ0v) is 11.2. The maximum absolute atomic E-state index is 11.1. The Morgan fingerprint density at radius 1 is 1.61 bits per heavy atom. The molecule has 1 heterocycles. The first kappa shape index (κ1) is 14.4. The van der Waals surface area contributed by atoms with E-state index in [1.54, 1.807) is 19.2 Å². The molecule has 1 atom stereocenters. The molecule has 0 aliphatic heterocycles. The first-order valence-corrected chi connectivity index (χ1v) is 5.90.